The second kappa shape index (κ2) is 11.2. The molecule has 3 nitrogen and oxygen atoms in total. The van der Waals surface area contributed by atoms with Crippen LogP contribution in [0.5, 0.6) is 11.5 Å². The van der Waals surface area contributed by atoms with Gasteiger partial charge in [0.15, 0.2) is 11.6 Å². The van der Waals surface area contributed by atoms with Gasteiger partial charge in [-0.2, -0.15) is 8.75 Å². The number of aryl methyl sites for hydroxylation is 4. The highest BCUT2D eigenvalue weighted by Crippen LogP contribution is 2.50. The van der Waals surface area contributed by atoms with Gasteiger partial charge in [-0.05, 0) is 97.5 Å². The van der Waals surface area contributed by atoms with Crippen LogP contribution in [0.2, 0.25) is 0 Å². The van der Waals surface area contributed by atoms with Gasteiger partial charge in [0.05, 0.1) is 22.9 Å². The highest BCUT2D eigenvalue weighted by molar-refractivity contribution is 7.19. The molecule has 0 N–H and O–H groups in total. The Balaban J connectivity index is 1.45. The number of nitrogens with zero attached hydrogens (tertiary/aromatic N) is 2. The van der Waals surface area contributed by atoms with Crippen molar-refractivity contribution in [3.63, 3.8) is 0 Å². The number of hydrogen-bond donors (Lipinski definition) is 0. The minimum Gasteiger partial charge on any atom is -0.453 e. The van der Waals surface area contributed by atoms with Gasteiger partial charge in [-0.3, -0.25) is 0 Å². The lowest BCUT2D eigenvalue weighted by atomic mass is 10.0. The van der Waals surface area contributed by atoms with Gasteiger partial charge in [0.1, 0.15) is 16.8 Å². The first-order chi connectivity index (χ1) is 20.9. The van der Waals surface area contributed by atoms with Crippen LogP contribution >= 0.6 is 34.4 Å². The Bertz CT molecular complexity index is 2080. The van der Waals surface area contributed by atoms with Crippen molar-refractivity contribution in [1.29, 1.82) is 0 Å². The molecule has 0 fully saturated rings. The van der Waals surface area contributed by atoms with Crippen molar-refractivity contribution >= 4 is 45.4 Å². The van der Waals surface area contributed by atoms with Crippen LogP contribution in [0, 0.1) is 33.5 Å². The van der Waals surface area contributed by atoms with E-state index in [2.05, 4.69) is 80.6 Å². The lowest BCUT2D eigenvalue weighted by Gasteiger charge is -2.15. The quantitative estimate of drug-likeness (QED) is 0.186. The van der Waals surface area contributed by atoms with Crippen molar-refractivity contribution in [2.75, 3.05) is 0 Å². The van der Waals surface area contributed by atoms with Gasteiger partial charge in [-0.1, -0.05) is 54.6 Å². The second-order valence-corrected chi connectivity index (χ2v) is 13.3. The zero-order valence-electron chi connectivity index (χ0n) is 24.1. The van der Waals surface area contributed by atoms with Gasteiger partial charge < -0.3 is 4.74 Å². The molecule has 7 aromatic rings. The number of rotatable bonds is 6. The summed E-state index contributed by atoms with van der Waals surface area (Å²) in [5.74, 6) is 0.291. The topological polar surface area (TPSA) is 35.0 Å². The number of aromatic nitrogens is 2. The average Bonchev–Trinajstić information content (AvgIpc) is 3.76. The molecule has 0 aliphatic rings. The standard InChI is InChI=1S/C36H27FN2OS3/c1-20-10-8-11-21(2)29(20)25-16-18-27(41-25)31-33(37)36(40-24-14-6-5-7-15-24)32(35-34(31)38-43-39-35)28-19-17-26(42-28)30-22(3)12-9-13-23(30)4/h5-19H,1-4H3. The molecule has 212 valence electrons. The van der Waals surface area contributed by atoms with Crippen molar-refractivity contribution < 1.29 is 9.13 Å². The Kier molecular flexibility index (Phi) is 7.17. The van der Waals surface area contributed by atoms with Crippen LogP contribution in [0.1, 0.15) is 22.3 Å². The molecule has 0 radical (unpaired) electrons. The van der Waals surface area contributed by atoms with Crippen LogP contribution in [0.15, 0.2) is 91.0 Å². The SMILES string of the molecule is Cc1cccc(C)c1-c1ccc(-c2c(F)c(Oc3ccccc3)c(-c3ccc(-c4c(C)cccc4C)s3)c3nsnc23)s1. The summed E-state index contributed by atoms with van der Waals surface area (Å²) in [6.07, 6.45) is 0. The van der Waals surface area contributed by atoms with Crippen LogP contribution in [-0.2, 0) is 0 Å². The predicted molar refractivity (Wildman–Crippen MR) is 180 cm³/mol. The summed E-state index contributed by atoms with van der Waals surface area (Å²) < 4.78 is 32.8. The number of fused-ring (bicyclic) bond motifs is 1. The van der Waals surface area contributed by atoms with Gasteiger partial charge >= 0.3 is 0 Å². The Morgan fingerprint density at radius 2 is 0.953 bits per heavy atom. The molecule has 0 atom stereocenters. The second-order valence-electron chi connectivity index (χ2n) is 10.6. The van der Waals surface area contributed by atoms with E-state index < -0.39 is 5.82 Å². The molecule has 7 rings (SSSR count). The molecule has 0 aliphatic heterocycles. The molecule has 0 saturated heterocycles. The Morgan fingerprint density at radius 3 is 1.47 bits per heavy atom. The van der Waals surface area contributed by atoms with Gasteiger partial charge in [0.25, 0.3) is 0 Å². The number of benzene rings is 4. The number of halogens is 1. The van der Waals surface area contributed by atoms with Gasteiger partial charge in [-0.25, -0.2) is 4.39 Å². The zero-order chi connectivity index (χ0) is 29.7. The molecule has 3 heterocycles. The molecule has 7 heteroatoms. The van der Waals surface area contributed by atoms with E-state index in [1.54, 1.807) is 22.7 Å². The maximum atomic E-state index is 17.0. The minimum atomic E-state index is -0.434. The maximum Gasteiger partial charge on any atom is 0.177 e. The van der Waals surface area contributed by atoms with E-state index in [4.69, 9.17) is 9.11 Å². The number of para-hydroxylation sites is 1. The first-order valence-corrected chi connectivity index (χ1v) is 16.3. The van der Waals surface area contributed by atoms with E-state index >= 15 is 4.39 Å². The number of hydrogen-bond acceptors (Lipinski definition) is 6. The molecule has 0 spiro atoms. The monoisotopic (exact) mass is 618 g/mol. The molecule has 43 heavy (non-hydrogen) atoms. The smallest absolute Gasteiger partial charge is 0.177 e. The summed E-state index contributed by atoms with van der Waals surface area (Å²) in [7, 11) is 0. The average molecular weight is 619 g/mol. The molecular weight excluding hydrogens is 592 g/mol. The third-order valence-electron chi connectivity index (χ3n) is 7.73. The van der Waals surface area contributed by atoms with Crippen LogP contribution in [0.25, 0.3) is 52.8 Å². The maximum absolute atomic E-state index is 17.0. The molecule has 0 unspecified atom stereocenters. The van der Waals surface area contributed by atoms with Crippen molar-refractivity contribution in [3.05, 3.63) is 119 Å². The number of ether oxygens (including phenoxy) is 1. The van der Waals surface area contributed by atoms with E-state index in [0.29, 0.717) is 27.9 Å². The first kappa shape index (κ1) is 27.7. The zero-order valence-corrected chi connectivity index (χ0v) is 26.5. The molecule has 0 aliphatic carbocycles. The van der Waals surface area contributed by atoms with Crippen molar-refractivity contribution in [3.8, 4) is 53.3 Å². The van der Waals surface area contributed by atoms with Crippen molar-refractivity contribution in [2.45, 2.75) is 27.7 Å². The molecule has 0 saturated carbocycles. The fraction of sp³-hybridized carbons (Fsp3) is 0.111. The highest BCUT2D eigenvalue weighted by Gasteiger charge is 2.28. The largest absolute Gasteiger partial charge is 0.453 e. The minimum absolute atomic E-state index is 0.165. The fourth-order valence-electron chi connectivity index (χ4n) is 5.73. The van der Waals surface area contributed by atoms with Gasteiger partial charge in [-0.15, -0.1) is 22.7 Å². The van der Waals surface area contributed by atoms with Crippen LogP contribution in [0.4, 0.5) is 4.39 Å². The van der Waals surface area contributed by atoms with Gasteiger partial charge in [0.2, 0.25) is 0 Å². The normalized spacial score (nSPS) is 11.4. The van der Waals surface area contributed by atoms with E-state index in [-0.39, 0.29) is 5.75 Å². The summed E-state index contributed by atoms with van der Waals surface area (Å²) >= 11 is 4.28. The summed E-state index contributed by atoms with van der Waals surface area (Å²) in [4.78, 5) is 3.88. The third kappa shape index (κ3) is 4.87. The molecule has 4 aromatic carbocycles. The summed E-state index contributed by atoms with van der Waals surface area (Å²) in [5.41, 5.74) is 9.41. The highest BCUT2D eigenvalue weighted by atomic mass is 32.1. The lowest BCUT2D eigenvalue weighted by Crippen LogP contribution is -1.96. The predicted octanol–water partition coefficient (Wildman–Crippen LogP) is 11.6. The van der Waals surface area contributed by atoms with Crippen LogP contribution < -0.4 is 4.74 Å². The van der Waals surface area contributed by atoms with E-state index in [1.165, 1.54) is 33.4 Å². The summed E-state index contributed by atoms with van der Waals surface area (Å²) in [6.45, 7) is 8.46. The van der Waals surface area contributed by atoms with E-state index in [1.807, 2.05) is 42.5 Å². The van der Waals surface area contributed by atoms with Crippen molar-refractivity contribution in [2.24, 2.45) is 0 Å². The first-order valence-electron chi connectivity index (χ1n) is 13.9. The number of thiophene rings is 2. The van der Waals surface area contributed by atoms with Gasteiger partial charge in [0, 0.05) is 19.5 Å². The fourth-order valence-corrected chi connectivity index (χ4v) is 8.73. The van der Waals surface area contributed by atoms with E-state index in [0.717, 1.165) is 31.2 Å². The Hall–Kier alpha value is -4.17. The molecule has 3 aromatic heterocycles. The van der Waals surface area contributed by atoms with Crippen molar-refractivity contribution in [1.82, 2.24) is 8.75 Å². The molecule has 0 amide bonds. The summed E-state index contributed by atoms with van der Waals surface area (Å²) in [5, 5.41) is 0. The van der Waals surface area contributed by atoms with E-state index in [9.17, 15) is 0 Å². The lowest BCUT2D eigenvalue weighted by molar-refractivity contribution is 0.446. The molecular formula is C36H27FN2OS3. The van der Waals surface area contributed by atoms with Crippen LogP contribution in [0.3, 0.4) is 0 Å². The Morgan fingerprint density at radius 1 is 0.512 bits per heavy atom. The van der Waals surface area contributed by atoms with Crippen LogP contribution in [-0.4, -0.2) is 8.75 Å². The summed E-state index contributed by atoms with van der Waals surface area (Å²) in [6, 6.07) is 30.2. The third-order valence-corrected chi connectivity index (χ3v) is 10.5. The molecule has 0 bridgehead atoms. The Labute approximate surface area is 262 Å².